The van der Waals surface area contributed by atoms with Gasteiger partial charge in [0.15, 0.2) is 5.78 Å². The number of aliphatic imine (C=N–C) groups is 1. The van der Waals surface area contributed by atoms with E-state index >= 15 is 0 Å². The molecule has 1 aromatic rings. The van der Waals surface area contributed by atoms with Crippen LogP contribution < -0.4 is 0 Å². The molecule has 0 N–H and O–H groups in total. The van der Waals surface area contributed by atoms with E-state index in [1.807, 2.05) is 58.0 Å². The number of hydrogen-bond acceptors (Lipinski definition) is 3. The number of Topliss-reactive ketones (excluding diaryl/α,β-unsaturated/α-hetero) is 1. The zero-order valence-corrected chi connectivity index (χ0v) is 11.3. The Hall–Kier alpha value is -1.48. The number of nitrogens with zero attached hydrogens (tertiary/aromatic N) is 1. The van der Waals surface area contributed by atoms with Crippen LogP contribution in [0.1, 0.15) is 27.7 Å². The van der Waals surface area contributed by atoms with Crippen LogP contribution in [-0.2, 0) is 9.53 Å². The van der Waals surface area contributed by atoms with Crippen LogP contribution in [0.4, 0.5) is 5.69 Å². The highest BCUT2D eigenvalue weighted by Gasteiger charge is 2.52. The predicted molar refractivity (Wildman–Crippen MR) is 72.3 cm³/mol. The van der Waals surface area contributed by atoms with E-state index in [1.165, 1.54) is 0 Å². The first kappa shape index (κ1) is 13.0. The molecule has 1 saturated heterocycles. The normalized spacial score (nSPS) is 25.8. The molecule has 3 nitrogen and oxygen atoms in total. The zero-order valence-electron chi connectivity index (χ0n) is 11.3. The molecule has 1 unspecified atom stereocenters. The fraction of sp³-hybridized carbons (Fsp3) is 0.467. The van der Waals surface area contributed by atoms with Crippen molar-refractivity contribution in [1.29, 1.82) is 0 Å². The van der Waals surface area contributed by atoms with Crippen molar-refractivity contribution >= 4 is 17.7 Å². The molecule has 2 rings (SSSR count). The van der Waals surface area contributed by atoms with Crippen LogP contribution in [-0.4, -0.2) is 23.2 Å². The highest BCUT2D eigenvalue weighted by Crippen LogP contribution is 2.38. The number of para-hydroxylation sites is 1. The van der Waals surface area contributed by atoms with Gasteiger partial charge in [0.25, 0.3) is 0 Å². The first-order valence-corrected chi connectivity index (χ1v) is 6.17. The second-order valence-corrected chi connectivity index (χ2v) is 5.67. The van der Waals surface area contributed by atoms with Gasteiger partial charge >= 0.3 is 0 Å². The molecular weight excluding hydrogens is 226 g/mol. The van der Waals surface area contributed by atoms with Crippen molar-refractivity contribution in [2.75, 3.05) is 0 Å². The third-order valence-corrected chi connectivity index (χ3v) is 3.27. The summed E-state index contributed by atoms with van der Waals surface area (Å²) in [5, 5.41) is 0. The van der Waals surface area contributed by atoms with Crippen LogP contribution >= 0.6 is 0 Å². The Morgan fingerprint density at radius 2 is 1.78 bits per heavy atom. The molecule has 1 aromatic carbocycles. The summed E-state index contributed by atoms with van der Waals surface area (Å²) in [7, 11) is 0. The maximum atomic E-state index is 12.2. The van der Waals surface area contributed by atoms with E-state index in [0.29, 0.717) is 0 Å². The average molecular weight is 245 g/mol. The summed E-state index contributed by atoms with van der Waals surface area (Å²) in [6.45, 7) is 7.49. The van der Waals surface area contributed by atoms with Gasteiger partial charge in [-0.05, 0) is 39.8 Å². The summed E-state index contributed by atoms with van der Waals surface area (Å²) in [6.07, 6.45) is 1.71. The number of benzene rings is 1. The quantitative estimate of drug-likeness (QED) is 0.751. The van der Waals surface area contributed by atoms with Crippen molar-refractivity contribution in [3.8, 4) is 0 Å². The van der Waals surface area contributed by atoms with Gasteiger partial charge in [0.05, 0.1) is 17.2 Å². The van der Waals surface area contributed by atoms with Crippen LogP contribution in [0.3, 0.4) is 0 Å². The Kier molecular flexibility index (Phi) is 3.11. The molecule has 0 saturated carbocycles. The first-order valence-electron chi connectivity index (χ1n) is 6.17. The molecule has 0 amide bonds. The fourth-order valence-electron chi connectivity index (χ4n) is 2.38. The second-order valence-electron chi connectivity index (χ2n) is 5.67. The van der Waals surface area contributed by atoms with Crippen molar-refractivity contribution in [2.45, 2.75) is 38.9 Å². The smallest absolute Gasteiger partial charge is 0.175 e. The van der Waals surface area contributed by atoms with Gasteiger partial charge < -0.3 is 4.74 Å². The topological polar surface area (TPSA) is 38.7 Å². The summed E-state index contributed by atoms with van der Waals surface area (Å²) in [5.41, 5.74) is -0.374. The number of carbonyl (C=O) groups is 1. The monoisotopic (exact) mass is 245 g/mol. The van der Waals surface area contributed by atoms with Crippen LogP contribution in [0.5, 0.6) is 0 Å². The standard InChI is InChI=1S/C15H19NO2/c1-14(2)12(13(17)15(3,4)18-14)10-16-11-8-6-5-7-9-11/h5-10,12H,1-4H3. The SMILES string of the molecule is CC1(C)OC(C)(C)C(C=Nc2ccccc2)C1=O. The highest BCUT2D eigenvalue weighted by atomic mass is 16.5. The fourth-order valence-corrected chi connectivity index (χ4v) is 2.38. The van der Waals surface area contributed by atoms with Gasteiger partial charge in [-0.3, -0.25) is 9.79 Å². The maximum Gasteiger partial charge on any atom is 0.175 e. The summed E-state index contributed by atoms with van der Waals surface area (Å²) in [6, 6.07) is 9.61. The van der Waals surface area contributed by atoms with Gasteiger partial charge in [-0.15, -0.1) is 0 Å². The van der Waals surface area contributed by atoms with Crippen LogP contribution in [0.25, 0.3) is 0 Å². The lowest BCUT2D eigenvalue weighted by molar-refractivity contribution is -0.132. The molecule has 1 aliphatic rings. The summed E-state index contributed by atoms with van der Waals surface area (Å²) < 4.78 is 5.81. The molecule has 1 atom stereocenters. The Bertz CT molecular complexity index is 475. The summed E-state index contributed by atoms with van der Waals surface area (Å²) in [5.74, 6) is -0.208. The van der Waals surface area contributed by atoms with Gasteiger partial charge in [-0.25, -0.2) is 0 Å². The minimum absolute atomic E-state index is 0.0900. The van der Waals surface area contributed by atoms with E-state index in [1.54, 1.807) is 6.21 Å². The summed E-state index contributed by atoms with van der Waals surface area (Å²) >= 11 is 0. The number of ether oxygens (including phenoxy) is 1. The van der Waals surface area contributed by atoms with E-state index in [0.717, 1.165) is 5.69 Å². The maximum absolute atomic E-state index is 12.2. The molecule has 1 heterocycles. The molecule has 0 spiro atoms. The molecule has 0 radical (unpaired) electrons. The van der Waals surface area contributed by atoms with Gasteiger partial charge in [0, 0.05) is 6.21 Å². The predicted octanol–water partition coefficient (Wildman–Crippen LogP) is 3.16. The minimum atomic E-state index is -0.725. The van der Waals surface area contributed by atoms with Gasteiger partial charge in [0.1, 0.15) is 5.60 Å². The molecule has 1 aliphatic heterocycles. The number of carbonyl (C=O) groups excluding carboxylic acids is 1. The lowest BCUT2D eigenvalue weighted by Gasteiger charge is -2.23. The second kappa shape index (κ2) is 4.32. The Morgan fingerprint density at radius 3 is 2.28 bits per heavy atom. The van der Waals surface area contributed by atoms with Gasteiger partial charge in [-0.1, -0.05) is 18.2 Å². The van der Waals surface area contributed by atoms with E-state index in [-0.39, 0.29) is 11.7 Å². The molecule has 0 aliphatic carbocycles. The molecule has 0 bridgehead atoms. The Morgan fingerprint density at radius 1 is 1.17 bits per heavy atom. The van der Waals surface area contributed by atoms with Crippen molar-refractivity contribution in [1.82, 2.24) is 0 Å². The number of ketones is 1. The van der Waals surface area contributed by atoms with Crippen LogP contribution in [0.15, 0.2) is 35.3 Å². The number of hydrogen-bond donors (Lipinski definition) is 0. The summed E-state index contributed by atoms with van der Waals surface area (Å²) in [4.78, 5) is 16.6. The van der Waals surface area contributed by atoms with Gasteiger partial charge in [0.2, 0.25) is 0 Å². The molecule has 0 aromatic heterocycles. The van der Waals surface area contributed by atoms with E-state index in [9.17, 15) is 4.79 Å². The Labute approximate surface area is 108 Å². The van der Waals surface area contributed by atoms with Crippen molar-refractivity contribution < 1.29 is 9.53 Å². The molecule has 1 fully saturated rings. The lowest BCUT2D eigenvalue weighted by atomic mass is 9.87. The van der Waals surface area contributed by atoms with E-state index in [2.05, 4.69) is 4.99 Å². The van der Waals surface area contributed by atoms with Crippen molar-refractivity contribution in [3.63, 3.8) is 0 Å². The zero-order chi connectivity index (χ0) is 13.4. The van der Waals surface area contributed by atoms with Crippen LogP contribution in [0.2, 0.25) is 0 Å². The van der Waals surface area contributed by atoms with Crippen molar-refractivity contribution in [2.24, 2.45) is 10.9 Å². The Balaban J connectivity index is 2.24. The van der Waals surface area contributed by atoms with Crippen LogP contribution in [0, 0.1) is 5.92 Å². The molecule has 96 valence electrons. The first-order chi connectivity index (χ1) is 8.33. The lowest BCUT2D eigenvalue weighted by Crippen LogP contribution is -2.31. The minimum Gasteiger partial charge on any atom is -0.361 e. The largest absolute Gasteiger partial charge is 0.361 e. The third kappa shape index (κ3) is 2.36. The highest BCUT2D eigenvalue weighted by molar-refractivity contribution is 6.03. The molecule has 3 heteroatoms. The molecule has 18 heavy (non-hydrogen) atoms. The van der Waals surface area contributed by atoms with E-state index < -0.39 is 11.2 Å². The average Bonchev–Trinajstić information content (AvgIpc) is 2.43. The van der Waals surface area contributed by atoms with E-state index in [4.69, 9.17) is 4.74 Å². The molecular formula is C15H19NO2. The number of rotatable bonds is 2. The van der Waals surface area contributed by atoms with Crippen molar-refractivity contribution in [3.05, 3.63) is 30.3 Å². The third-order valence-electron chi connectivity index (χ3n) is 3.27. The van der Waals surface area contributed by atoms with Gasteiger partial charge in [-0.2, -0.15) is 0 Å².